The van der Waals surface area contributed by atoms with Gasteiger partial charge in [-0.05, 0) is 24.1 Å². The van der Waals surface area contributed by atoms with Crippen LogP contribution in [0.1, 0.15) is 18.1 Å². The third kappa shape index (κ3) is 4.86. The second-order valence-corrected chi connectivity index (χ2v) is 4.53. The van der Waals surface area contributed by atoms with E-state index in [2.05, 4.69) is 20.5 Å². The van der Waals surface area contributed by atoms with E-state index < -0.39 is 0 Å². The number of aliphatic imine (C=N–C) groups is 1. The Bertz CT molecular complexity index is 660. The third-order valence-electron chi connectivity index (χ3n) is 2.86. The van der Waals surface area contributed by atoms with Crippen LogP contribution < -0.4 is 11.2 Å². The summed E-state index contributed by atoms with van der Waals surface area (Å²) in [5.74, 6) is 0.600. The number of nitrogens with one attached hydrogen (secondary N) is 1. The highest BCUT2D eigenvalue weighted by molar-refractivity contribution is 5.98. The van der Waals surface area contributed by atoms with Crippen molar-refractivity contribution in [2.45, 2.75) is 13.5 Å². The lowest BCUT2D eigenvalue weighted by Crippen LogP contribution is -2.17. The van der Waals surface area contributed by atoms with Gasteiger partial charge in [0.1, 0.15) is 5.84 Å². The Labute approximate surface area is 130 Å². The van der Waals surface area contributed by atoms with Gasteiger partial charge in [0.25, 0.3) is 0 Å². The van der Waals surface area contributed by atoms with Gasteiger partial charge in [0.2, 0.25) is 0 Å². The molecule has 0 aliphatic carbocycles. The van der Waals surface area contributed by atoms with Crippen molar-refractivity contribution in [2.24, 2.45) is 15.8 Å². The lowest BCUT2D eigenvalue weighted by Gasteiger charge is -2.05. The molecule has 0 fully saturated rings. The highest BCUT2D eigenvalue weighted by atomic mass is 15.3. The van der Waals surface area contributed by atoms with Crippen LogP contribution in [0.3, 0.4) is 0 Å². The summed E-state index contributed by atoms with van der Waals surface area (Å²) in [6.45, 7) is 2.34. The number of nitrogens with zero attached hydrogens (tertiary/aromatic N) is 3. The zero-order chi connectivity index (χ0) is 15.6. The molecule has 0 amide bonds. The molecule has 0 unspecified atom stereocenters. The van der Waals surface area contributed by atoms with Crippen molar-refractivity contribution in [3.05, 3.63) is 72.1 Å². The van der Waals surface area contributed by atoms with Crippen molar-refractivity contribution in [2.75, 3.05) is 0 Å². The van der Waals surface area contributed by atoms with Crippen molar-refractivity contribution in [3.8, 4) is 0 Å². The number of hydrogen-bond donors (Lipinski definition) is 2. The van der Waals surface area contributed by atoms with Gasteiger partial charge in [-0.1, -0.05) is 36.4 Å². The largest absolute Gasteiger partial charge is 0.398 e. The molecule has 0 aliphatic rings. The SMILES string of the molecule is C/C=N\NC(C=C(N)c1ccccc1)=NCc1cccnc1. The van der Waals surface area contributed by atoms with Gasteiger partial charge in [0.05, 0.1) is 6.54 Å². The van der Waals surface area contributed by atoms with Gasteiger partial charge in [0, 0.05) is 30.4 Å². The van der Waals surface area contributed by atoms with Crippen LogP contribution >= 0.6 is 0 Å². The number of nitrogens with two attached hydrogens (primary N) is 1. The summed E-state index contributed by atoms with van der Waals surface area (Å²) in [5, 5.41) is 4.01. The van der Waals surface area contributed by atoms with Gasteiger partial charge < -0.3 is 5.73 Å². The molecule has 1 aromatic carbocycles. The first kappa shape index (κ1) is 15.4. The zero-order valence-corrected chi connectivity index (χ0v) is 12.5. The Kier molecular flexibility index (Phi) is 5.87. The van der Waals surface area contributed by atoms with Crippen molar-refractivity contribution in [1.29, 1.82) is 0 Å². The maximum Gasteiger partial charge on any atom is 0.143 e. The summed E-state index contributed by atoms with van der Waals surface area (Å²) in [4.78, 5) is 8.57. The van der Waals surface area contributed by atoms with E-state index in [1.807, 2.05) is 49.4 Å². The van der Waals surface area contributed by atoms with Crippen molar-refractivity contribution in [1.82, 2.24) is 10.4 Å². The molecule has 1 aromatic heterocycles. The minimum atomic E-state index is 0.508. The molecule has 0 bridgehead atoms. The third-order valence-corrected chi connectivity index (χ3v) is 2.86. The Morgan fingerprint density at radius 3 is 2.73 bits per heavy atom. The van der Waals surface area contributed by atoms with Gasteiger partial charge in [-0.15, -0.1) is 0 Å². The first-order chi connectivity index (χ1) is 10.8. The summed E-state index contributed by atoms with van der Waals surface area (Å²) in [6.07, 6.45) is 6.96. The number of benzene rings is 1. The van der Waals surface area contributed by atoms with Crippen molar-refractivity contribution >= 4 is 17.7 Å². The molecule has 3 N–H and O–H groups in total. The molecule has 5 nitrogen and oxygen atoms in total. The fraction of sp³-hybridized carbons (Fsp3) is 0.118. The molecular weight excluding hydrogens is 274 g/mol. The lowest BCUT2D eigenvalue weighted by molar-refractivity contribution is 0.976. The van der Waals surface area contributed by atoms with Crippen LogP contribution in [0.5, 0.6) is 0 Å². The fourth-order valence-corrected chi connectivity index (χ4v) is 1.77. The van der Waals surface area contributed by atoms with Crippen molar-refractivity contribution in [3.63, 3.8) is 0 Å². The van der Waals surface area contributed by atoms with Gasteiger partial charge in [-0.3, -0.25) is 15.4 Å². The Morgan fingerprint density at radius 2 is 2.05 bits per heavy atom. The molecule has 2 rings (SSSR count). The monoisotopic (exact) mass is 293 g/mol. The van der Waals surface area contributed by atoms with Crippen LogP contribution in [0.4, 0.5) is 0 Å². The number of aromatic nitrogens is 1. The highest BCUT2D eigenvalue weighted by Crippen LogP contribution is 2.08. The van der Waals surface area contributed by atoms with Gasteiger partial charge in [-0.25, -0.2) is 0 Å². The first-order valence-corrected chi connectivity index (χ1v) is 6.99. The summed E-state index contributed by atoms with van der Waals surface area (Å²) < 4.78 is 0. The molecule has 0 aliphatic heterocycles. The second kappa shape index (κ2) is 8.36. The van der Waals surface area contributed by atoms with Gasteiger partial charge >= 0.3 is 0 Å². The minimum Gasteiger partial charge on any atom is -0.398 e. The summed E-state index contributed by atoms with van der Waals surface area (Å²) in [6, 6.07) is 13.6. The molecule has 22 heavy (non-hydrogen) atoms. The first-order valence-electron chi connectivity index (χ1n) is 6.99. The van der Waals surface area contributed by atoms with Crippen molar-refractivity contribution < 1.29 is 0 Å². The van der Waals surface area contributed by atoms with Gasteiger partial charge in [0.15, 0.2) is 0 Å². The molecule has 2 aromatic rings. The normalized spacial score (nSPS) is 12.6. The molecule has 0 atom stereocenters. The van der Waals surface area contributed by atoms with E-state index in [-0.39, 0.29) is 0 Å². The maximum absolute atomic E-state index is 6.11. The average molecular weight is 293 g/mol. The summed E-state index contributed by atoms with van der Waals surface area (Å²) >= 11 is 0. The molecule has 1 heterocycles. The summed E-state index contributed by atoms with van der Waals surface area (Å²) in [7, 11) is 0. The van der Waals surface area contributed by atoms with E-state index in [0.717, 1.165) is 11.1 Å². The van der Waals surface area contributed by atoms with Crippen LogP contribution in [-0.2, 0) is 6.54 Å². The van der Waals surface area contributed by atoms with E-state index in [1.54, 1.807) is 24.7 Å². The molecular formula is C17H19N5. The van der Waals surface area contributed by atoms with E-state index in [1.165, 1.54) is 0 Å². The molecule has 5 heteroatoms. The zero-order valence-electron chi connectivity index (χ0n) is 12.5. The van der Waals surface area contributed by atoms with E-state index in [4.69, 9.17) is 5.73 Å². The maximum atomic E-state index is 6.11. The predicted octanol–water partition coefficient (Wildman–Crippen LogP) is 2.58. The number of hydrazone groups is 1. The predicted molar refractivity (Wildman–Crippen MR) is 91.3 cm³/mol. The van der Waals surface area contributed by atoms with E-state index in [0.29, 0.717) is 18.1 Å². The summed E-state index contributed by atoms with van der Waals surface area (Å²) in [5.41, 5.74) is 11.6. The molecule has 0 saturated heterocycles. The number of amidine groups is 1. The second-order valence-electron chi connectivity index (χ2n) is 4.53. The highest BCUT2D eigenvalue weighted by Gasteiger charge is 1.99. The van der Waals surface area contributed by atoms with E-state index in [9.17, 15) is 0 Å². The standard InChI is InChI=1S/C17H19N5/c1-2-21-22-17(20-13-14-7-6-10-19-12-14)11-16(18)15-8-4-3-5-9-15/h2-12H,13,18H2,1H3,(H,20,22)/b16-11?,21-2-. The van der Waals surface area contributed by atoms with Crippen LogP contribution in [0.25, 0.3) is 5.70 Å². The fourth-order valence-electron chi connectivity index (χ4n) is 1.77. The molecule has 0 spiro atoms. The Morgan fingerprint density at radius 1 is 1.23 bits per heavy atom. The smallest absolute Gasteiger partial charge is 0.143 e. The number of rotatable bonds is 5. The van der Waals surface area contributed by atoms with Gasteiger partial charge in [-0.2, -0.15) is 5.10 Å². The topological polar surface area (TPSA) is 75.7 Å². The molecule has 0 saturated carbocycles. The number of hydrogen-bond acceptors (Lipinski definition) is 4. The number of pyridine rings is 1. The van der Waals surface area contributed by atoms with Crippen LogP contribution in [-0.4, -0.2) is 17.0 Å². The molecule has 0 radical (unpaired) electrons. The average Bonchev–Trinajstić information content (AvgIpc) is 2.59. The molecule has 112 valence electrons. The minimum absolute atomic E-state index is 0.508. The van der Waals surface area contributed by atoms with Crippen LogP contribution in [0.15, 0.2) is 71.0 Å². The quantitative estimate of drug-likeness (QED) is 0.505. The van der Waals surface area contributed by atoms with Crippen LogP contribution in [0, 0.1) is 0 Å². The lowest BCUT2D eigenvalue weighted by atomic mass is 10.1. The van der Waals surface area contributed by atoms with E-state index >= 15 is 0 Å². The Balaban J connectivity index is 2.18. The Hall–Kier alpha value is -2.95. The van der Waals surface area contributed by atoms with Crippen LogP contribution in [0.2, 0.25) is 0 Å².